The molecule has 0 N–H and O–H groups in total. The molecule has 3 rings (SSSR count). The predicted octanol–water partition coefficient (Wildman–Crippen LogP) is 2.25. The fraction of sp³-hybridized carbons (Fsp3) is 0.364. The Balaban J connectivity index is 2.06. The molecule has 2 aromatic rings. The van der Waals surface area contributed by atoms with Crippen molar-refractivity contribution in [2.45, 2.75) is 19.4 Å². The number of hydrogen-bond donors (Lipinski definition) is 0. The van der Waals surface area contributed by atoms with Crippen molar-refractivity contribution in [1.29, 1.82) is 0 Å². The molecule has 0 amide bonds. The van der Waals surface area contributed by atoms with E-state index in [1.165, 1.54) is 18.4 Å². The molecule has 1 heterocycles. The standard InChI is InChI=1S/C11H11N2/c1-2-4-11-10(3-1)7-12-13(11)8-9-5-6-9/h1-4,9H,5-6,8H2. The lowest BCUT2D eigenvalue weighted by Gasteiger charge is -2.00. The van der Waals surface area contributed by atoms with Gasteiger partial charge in [-0.25, -0.2) is 0 Å². The second-order valence-electron chi connectivity index (χ2n) is 3.75. The number of aromatic nitrogens is 2. The van der Waals surface area contributed by atoms with E-state index in [1.807, 2.05) is 6.07 Å². The van der Waals surface area contributed by atoms with Crippen LogP contribution in [0, 0.1) is 12.1 Å². The first-order valence-corrected chi connectivity index (χ1v) is 4.77. The van der Waals surface area contributed by atoms with Crippen LogP contribution in [0.3, 0.4) is 0 Å². The Morgan fingerprint density at radius 3 is 3.08 bits per heavy atom. The van der Waals surface area contributed by atoms with E-state index < -0.39 is 0 Å². The highest BCUT2D eigenvalue weighted by molar-refractivity contribution is 5.77. The highest BCUT2D eigenvalue weighted by atomic mass is 15.3. The first-order valence-electron chi connectivity index (χ1n) is 4.77. The molecule has 65 valence electrons. The zero-order valence-corrected chi connectivity index (χ0v) is 7.40. The second-order valence-corrected chi connectivity index (χ2v) is 3.75. The van der Waals surface area contributed by atoms with Gasteiger partial charge in [-0.2, -0.15) is 5.10 Å². The van der Waals surface area contributed by atoms with E-state index >= 15 is 0 Å². The molecule has 1 radical (unpaired) electrons. The van der Waals surface area contributed by atoms with E-state index in [9.17, 15) is 0 Å². The molecule has 1 aliphatic carbocycles. The first kappa shape index (κ1) is 7.13. The number of para-hydroxylation sites is 1. The van der Waals surface area contributed by atoms with Crippen LogP contribution in [0.1, 0.15) is 12.8 Å². The summed E-state index contributed by atoms with van der Waals surface area (Å²) in [4.78, 5) is 0. The van der Waals surface area contributed by atoms with Crippen LogP contribution in [0.4, 0.5) is 0 Å². The number of rotatable bonds is 2. The summed E-state index contributed by atoms with van der Waals surface area (Å²) in [5.74, 6) is 0.872. The van der Waals surface area contributed by atoms with Gasteiger partial charge >= 0.3 is 0 Å². The van der Waals surface area contributed by atoms with E-state index in [4.69, 9.17) is 0 Å². The van der Waals surface area contributed by atoms with E-state index in [2.05, 4.69) is 34.2 Å². The molecule has 2 nitrogen and oxygen atoms in total. The van der Waals surface area contributed by atoms with E-state index in [1.54, 1.807) is 0 Å². The van der Waals surface area contributed by atoms with Crippen molar-refractivity contribution in [1.82, 2.24) is 9.78 Å². The number of fused-ring (bicyclic) bond motifs is 1. The molecule has 1 aromatic carbocycles. The zero-order valence-electron chi connectivity index (χ0n) is 7.40. The molecule has 0 spiro atoms. The Kier molecular flexibility index (Phi) is 1.42. The molecule has 0 unspecified atom stereocenters. The van der Waals surface area contributed by atoms with Gasteiger partial charge in [0.2, 0.25) is 0 Å². The van der Waals surface area contributed by atoms with Crippen LogP contribution < -0.4 is 0 Å². The van der Waals surface area contributed by atoms with Gasteiger partial charge in [0.15, 0.2) is 0 Å². The van der Waals surface area contributed by atoms with Gasteiger partial charge in [0.25, 0.3) is 0 Å². The lowest BCUT2D eigenvalue weighted by Crippen LogP contribution is -2.00. The molecule has 2 heteroatoms. The Morgan fingerprint density at radius 1 is 1.38 bits per heavy atom. The van der Waals surface area contributed by atoms with Crippen molar-refractivity contribution < 1.29 is 0 Å². The van der Waals surface area contributed by atoms with Crippen molar-refractivity contribution >= 4 is 10.9 Å². The molecule has 1 aromatic heterocycles. The van der Waals surface area contributed by atoms with E-state index in [0.29, 0.717) is 0 Å². The quantitative estimate of drug-likeness (QED) is 0.677. The maximum absolute atomic E-state index is 4.27. The topological polar surface area (TPSA) is 17.8 Å². The van der Waals surface area contributed by atoms with Gasteiger partial charge in [0, 0.05) is 11.9 Å². The van der Waals surface area contributed by atoms with E-state index in [-0.39, 0.29) is 0 Å². The van der Waals surface area contributed by atoms with Crippen molar-refractivity contribution in [3.63, 3.8) is 0 Å². The third-order valence-corrected chi connectivity index (χ3v) is 2.60. The molecule has 0 atom stereocenters. The van der Waals surface area contributed by atoms with Crippen LogP contribution in [0.15, 0.2) is 24.3 Å². The molecule has 1 aliphatic rings. The minimum absolute atomic E-state index is 0.872. The number of nitrogens with zero attached hydrogens (tertiary/aromatic N) is 2. The van der Waals surface area contributed by atoms with Crippen LogP contribution in [0.5, 0.6) is 0 Å². The molecular weight excluding hydrogens is 160 g/mol. The summed E-state index contributed by atoms with van der Waals surface area (Å²) >= 11 is 0. The summed E-state index contributed by atoms with van der Waals surface area (Å²) in [5.41, 5.74) is 1.22. The largest absolute Gasteiger partial charge is 0.264 e. The lowest BCUT2D eigenvalue weighted by molar-refractivity contribution is 0.579. The molecular formula is C11H11N2. The summed E-state index contributed by atoms with van der Waals surface area (Å²) in [6.07, 6.45) is 5.77. The summed E-state index contributed by atoms with van der Waals surface area (Å²) in [5, 5.41) is 5.40. The third-order valence-electron chi connectivity index (χ3n) is 2.60. The van der Waals surface area contributed by atoms with Crippen molar-refractivity contribution in [3.05, 3.63) is 30.5 Å². The van der Waals surface area contributed by atoms with Gasteiger partial charge in [-0.3, -0.25) is 4.68 Å². The average molecular weight is 171 g/mol. The second kappa shape index (κ2) is 2.59. The Morgan fingerprint density at radius 2 is 2.23 bits per heavy atom. The van der Waals surface area contributed by atoms with Gasteiger partial charge in [-0.1, -0.05) is 18.2 Å². The minimum Gasteiger partial charge on any atom is -0.264 e. The zero-order chi connectivity index (χ0) is 8.67. The van der Waals surface area contributed by atoms with Gasteiger partial charge in [-0.05, 0) is 24.8 Å². The third kappa shape index (κ3) is 1.22. The normalized spacial score (nSPS) is 16.6. The van der Waals surface area contributed by atoms with E-state index in [0.717, 1.165) is 17.8 Å². The first-order chi connectivity index (χ1) is 6.43. The van der Waals surface area contributed by atoms with Crippen LogP contribution in [-0.4, -0.2) is 9.78 Å². The number of hydrogen-bond acceptors (Lipinski definition) is 1. The number of benzene rings is 1. The Hall–Kier alpha value is -1.31. The molecule has 13 heavy (non-hydrogen) atoms. The van der Waals surface area contributed by atoms with Crippen molar-refractivity contribution in [2.75, 3.05) is 0 Å². The van der Waals surface area contributed by atoms with Crippen molar-refractivity contribution in [2.24, 2.45) is 5.92 Å². The maximum atomic E-state index is 4.27. The molecule has 1 fully saturated rings. The summed E-state index contributed by atoms with van der Waals surface area (Å²) < 4.78 is 2.08. The van der Waals surface area contributed by atoms with Gasteiger partial charge in [-0.15, -0.1) is 0 Å². The molecule has 0 bridgehead atoms. The van der Waals surface area contributed by atoms with Crippen LogP contribution >= 0.6 is 0 Å². The molecule has 0 saturated heterocycles. The fourth-order valence-electron chi connectivity index (χ4n) is 1.65. The fourth-order valence-corrected chi connectivity index (χ4v) is 1.65. The van der Waals surface area contributed by atoms with Crippen molar-refractivity contribution in [3.8, 4) is 0 Å². The summed E-state index contributed by atoms with van der Waals surface area (Å²) in [6, 6.07) is 8.26. The van der Waals surface area contributed by atoms with Gasteiger partial charge in [0.05, 0.1) is 5.52 Å². The van der Waals surface area contributed by atoms with Crippen LogP contribution in [-0.2, 0) is 6.54 Å². The maximum Gasteiger partial charge on any atom is 0.121 e. The SMILES string of the molecule is [c]1nn(CC2CC2)c2ccccc12. The highest BCUT2D eigenvalue weighted by Gasteiger charge is 2.22. The lowest BCUT2D eigenvalue weighted by atomic mass is 10.2. The van der Waals surface area contributed by atoms with Crippen LogP contribution in [0.25, 0.3) is 10.9 Å². The van der Waals surface area contributed by atoms with Gasteiger partial charge in [0.1, 0.15) is 6.20 Å². The molecule has 1 saturated carbocycles. The predicted molar refractivity (Wildman–Crippen MR) is 51.3 cm³/mol. The summed E-state index contributed by atoms with van der Waals surface area (Å²) in [6.45, 7) is 1.07. The summed E-state index contributed by atoms with van der Waals surface area (Å²) in [7, 11) is 0. The molecule has 0 aliphatic heterocycles. The minimum atomic E-state index is 0.872. The smallest absolute Gasteiger partial charge is 0.121 e. The van der Waals surface area contributed by atoms with Crippen LogP contribution in [0.2, 0.25) is 0 Å². The average Bonchev–Trinajstić information content (AvgIpc) is 2.88. The Bertz CT molecular complexity index is 426. The highest BCUT2D eigenvalue weighted by Crippen LogP contribution is 2.31. The monoisotopic (exact) mass is 171 g/mol. The Labute approximate surface area is 77.2 Å². The van der Waals surface area contributed by atoms with Gasteiger partial charge < -0.3 is 0 Å².